The van der Waals surface area contributed by atoms with E-state index in [-0.39, 0.29) is 25.5 Å². The summed E-state index contributed by atoms with van der Waals surface area (Å²) in [5, 5.41) is 13.1. The van der Waals surface area contributed by atoms with Crippen LogP contribution in [0.5, 0.6) is 5.75 Å². The largest absolute Gasteiger partial charge is 0.491 e. The molecule has 1 N–H and O–H groups in total. The van der Waals surface area contributed by atoms with Crippen LogP contribution in [0.25, 0.3) is 11.5 Å². The fourth-order valence-electron chi connectivity index (χ4n) is 3.82. The number of ketones is 1. The molecule has 3 aromatic rings. The fraction of sp³-hybridized carbons (Fsp3) is 0.409. The van der Waals surface area contributed by atoms with E-state index in [0.29, 0.717) is 23.7 Å². The van der Waals surface area contributed by atoms with Gasteiger partial charge in [0.15, 0.2) is 11.6 Å². The highest BCUT2D eigenvalue weighted by molar-refractivity contribution is 5.85. The van der Waals surface area contributed by atoms with E-state index in [2.05, 4.69) is 10.1 Å². The lowest BCUT2D eigenvalue weighted by Gasteiger charge is -2.21. The van der Waals surface area contributed by atoms with Gasteiger partial charge in [-0.1, -0.05) is 0 Å². The molecule has 1 aliphatic rings. The molecular weight excluding hydrogens is 396 g/mol. The van der Waals surface area contributed by atoms with E-state index in [4.69, 9.17) is 19.8 Å². The average molecular weight is 422 g/mol. The Morgan fingerprint density at radius 1 is 1.32 bits per heavy atom. The first-order valence-electron chi connectivity index (χ1n) is 10.3. The number of aromatic nitrogens is 5. The van der Waals surface area contributed by atoms with Gasteiger partial charge in [-0.3, -0.25) is 14.5 Å². The van der Waals surface area contributed by atoms with Gasteiger partial charge in [0.05, 0.1) is 19.3 Å². The summed E-state index contributed by atoms with van der Waals surface area (Å²) in [5.74, 6) is 1.99. The van der Waals surface area contributed by atoms with Crippen LogP contribution < -0.4 is 9.64 Å². The molecule has 162 valence electrons. The predicted octanol–water partition coefficient (Wildman–Crippen LogP) is 1.38. The molecule has 3 aromatic heterocycles. The minimum atomic E-state index is -0.0605. The standard InChI is InChI=1S/C22H26N6O3/c1-27(14-16(30)10-15-12-24-28(2)13-15)22-18-4-3-5-19(18)25-21(26-22)20-11-17(6-7-23-20)31-9-8-29/h6-7,11-13,29H,3-5,8-10,14H2,1-2H3. The Labute approximate surface area is 180 Å². The number of hydrogen-bond donors (Lipinski definition) is 1. The summed E-state index contributed by atoms with van der Waals surface area (Å²) < 4.78 is 7.19. The van der Waals surface area contributed by atoms with Crippen molar-refractivity contribution in [3.63, 3.8) is 0 Å². The van der Waals surface area contributed by atoms with Crippen LogP contribution in [0.15, 0.2) is 30.7 Å². The highest BCUT2D eigenvalue weighted by Crippen LogP contribution is 2.31. The number of aliphatic hydroxyl groups is 1. The van der Waals surface area contributed by atoms with Gasteiger partial charge >= 0.3 is 0 Å². The van der Waals surface area contributed by atoms with Gasteiger partial charge in [0, 0.05) is 50.2 Å². The van der Waals surface area contributed by atoms with Gasteiger partial charge in [0.25, 0.3) is 0 Å². The molecule has 0 saturated carbocycles. The van der Waals surface area contributed by atoms with Crippen LogP contribution in [0, 0.1) is 0 Å². The number of ether oxygens (including phenoxy) is 1. The second-order valence-electron chi connectivity index (χ2n) is 7.69. The smallest absolute Gasteiger partial charge is 0.180 e. The summed E-state index contributed by atoms with van der Waals surface area (Å²) in [6, 6.07) is 3.50. The second kappa shape index (κ2) is 9.22. The Hall–Kier alpha value is -3.33. The van der Waals surface area contributed by atoms with Gasteiger partial charge in [-0.15, -0.1) is 0 Å². The van der Waals surface area contributed by atoms with Crippen LogP contribution in [-0.4, -0.2) is 62.4 Å². The van der Waals surface area contributed by atoms with Crippen LogP contribution in [0.3, 0.4) is 0 Å². The molecule has 3 heterocycles. The Balaban J connectivity index is 1.57. The van der Waals surface area contributed by atoms with Gasteiger partial charge in [-0.05, 0) is 30.9 Å². The molecule has 0 radical (unpaired) electrons. The van der Waals surface area contributed by atoms with Crippen molar-refractivity contribution >= 4 is 11.6 Å². The molecule has 0 saturated heterocycles. The Bertz CT molecular complexity index is 1080. The van der Waals surface area contributed by atoms with Crippen molar-refractivity contribution in [1.29, 1.82) is 0 Å². The van der Waals surface area contributed by atoms with Crippen molar-refractivity contribution in [2.24, 2.45) is 7.05 Å². The number of fused-ring (bicyclic) bond motifs is 1. The van der Waals surface area contributed by atoms with E-state index < -0.39 is 0 Å². The normalized spacial score (nSPS) is 12.6. The number of aryl methyl sites for hydroxylation is 2. The molecule has 9 nitrogen and oxygen atoms in total. The third kappa shape index (κ3) is 4.88. The maximum atomic E-state index is 12.6. The Morgan fingerprint density at radius 3 is 2.97 bits per heavy atom. The maximum Gasteiger partial charge on any atom is 0.180 e. The van der Waals surface area contributed by atoms with E-state index in [1.54, 1.807) is 29.2 Å². The quantitative estimate of drug-likeness (QED) is 0.551. The minimum Gasteiger partial charge on any atom is -0.491 e. The minimum absolute atomic E-state index is 0.0605. The zero-order chi connectivity index (χ0) is 21.8. The number of carbonyl (C=O) groups excluding carboxylic acids is 1. The van der Waals surface area contributed by atoms with Gasteiger partial charge in [-0.25, -0.2) is 9.97 Å². The summed E-state index contributed by atoms with van der Waals surface area (Å²) >= 11 is 0. The topological polar surface area (TPSA) is 106 Å². The molecule has 0 spiro atoms. The van der Waals surface area contributed by atoms with Crippen molar-refractivity contribution < 1.29 is 14.6 Å². The van der Waals surface area contributed by atoms with Crippen LogP contribution in [0.1, 0.15) is 23.2 Å². The molecule has 0 unspecified atom stereocenters. The first kappa shape index (κ1) is 20.9. The van der Waals surface area contributed by atoms with Gasteiger partial charge in [0.1, 0.15) is 23.9 Å². The van der Waals surface area contributed by atoms with Crippen molar-refractivity contribution in [1.82, 2.24) is 24.7 Å². The molecule has 31 heavy (non-hydrogen) atoms. The summed E-state index contributed by atoms with van der Waals surface area (Å²) in [7, 11) is 3.73. The summed E-state index contributed by atoms with van der Waals surface area (Å²) in [4.78, 5) is 28.5. The van der Waals surface area contributed by atoms with Gasteiger partial charge < -0.3 is 14.7 Å². The van der Waals surface area contributed by atoms with Crippen molar-refractivity contribution in [2.75, 3.05) is 31.7 Å². The summed E-state index contributed by atoms with van der Waals surface area (Å²) in [6.07, 6.45) is 8.36. The van der Waals surface area contributed by atoms with Crippen LogP contribution in [0.2, 0.25) is 0 Å². The van der Waals surface area contributed by atoms with E-state index in [9.17, 15) is 4.79 Å². The molecular formula is C22H26N6O3. The van der Waals surface area contributed by atoms with E-state index in [1.807, 2.05) is 25.2 Å². The third-order valence-electron chi connectivity index (χ3n) is 5.17. The number of Topliss-reactive ketones (excluding diaryl/α,β-unsaturated/α-hetero) is 1. The second-order valence-corrected chi connectivity index (χ2v) is 7.69. The molecule has 0 aliphatic heterocycles. The molecule has 1 aliphatic carbocycles. The first-order valence-corrected chi connectivity index (χ1v) is 10.3. The summed E-state index contributed by atoms with van der Waals surface area (Å²) in [6.45, 7) is 0.404. The zero-order valence-corrected chi connectivity index (χ0v) is 17.8. The monoisotopic (exact) mass is 422 g/mol. The molecule has 0 atom stereocenters. The van der Waals surface area contributed by atoms with Crippen molar-refractivity contribution in [2.45, 2.75) is 25.7 Å². The highest BCUT2D eigenvalue weighted by atomic mass is 16.5. The molecule has 4 rings (SSSR count). The van der Waals surface area contributed by atoms with Crippen LogP contribution >= 0.6 is 0 Å². The number of anilines is 1. The van der Waals surface area contributed by atoms with Crippen LogP contribution in [-0.2, 0) is 31.1 Å². The predicted molar refractivity (Wildman–Crippen MR) is 115 cm³/mol. The molecule has 0 fully saturated rings. The third-order valence-corrected chi connectivity index (χ3v) is 5.17. The van der Waals surface area contributed by atoms with Gasteiger partial charge in [0.2, 0.25) is 0 Å². The maximum absolute atomic E-state index is 12.6. The Kier molecular flexibility index (Phi) is 6.22. The van der Waals surface area contributed by atoms with Crippen LogP contribution in [0.4, 0.5) is 5.82 Å². The van der Waals surface area contributed by atoms with Crippen molar-refractivity contribution in [3.05, 3.63) is 47.5 Å². The fourth-order valence-corrected chi connectivity index (χ4v) is 3.82. The molecule has 0 aromatic carbocycles. The highest BCUT2D eigenvalue weighted by Gasteiger charge is 2.23. The number of hydrogen-bond acceptors (Lipinski definition) is 8. The number of aliphatic hydroxyl groups excluding tert-OH is 1. The number of nitrogens with zero attached hydrogens (tertiary/aromatic N) is 6. The number of rotatable bonds is 9. The zero-order valence-electron chi connectivity index (χ0n) is 17.8. The lowest BCUT2D eigenvalue weighted by molar-refractivity contribution is -0.117. The first-order chi connectivity index (χ1) is 15.0. The number of pyridine rings is 1. The van der Waals surface area contributed by atoms with Crippen molar-refractivity contribution in [3.8, 4) is 17.3 Å². The molecule has 9 heteroatoms. The SMILES string of the molecule is CN(CC(=O)Cc1cnn(C)c1)c1nc(-c2cc(OCCO)ccn2)nc2c1CCC2. The van der Waals surface area contributed by atoms with E-state index >= 15 is 0 Å². The van der Waals surface area contributed by atoms with E-state index in [1.165, 1.54) is 0 Å². The summed E-state index contributed by atoms with van der Waals surface area (Å²) in [5.41, 5.74) is 3.61. The van der Waals surface area contributed by atoms with E-state index in [0.717, 1.165) is 41.9 Å². The average Bonchev–Trinajstić information content (AvgIpc) is 3.40. The molecule has 0 amide bonds. The lowest BCUT2D eigenvalue weighted by atomic mass is 10.1. The number of likely N-dealkylation sites (N-methyl/N-ethyl adjacent to an activating group) is 1. The lowest BCUT2D eigenvalue weighted by Crippen LogP contribution is -2.28. The Morgan fingerprint density at radius 2 is 2.19 bits per heavy atom. The molecule has 0 bridgehead atoms. The van der Waals surface area contributed by atoms with Gasteiger partial charge in [-0.2, -0.15) is 5.10 Å². The number of carbonyl (C=O) groups is 1.